The molecule has 2 aromatic rings. The first-order valence-electron chi connectivity index (χ1n) is 4.69. The van der Waals surface area contributed by atoms with Crippen LogP contribution < -0.4 is 0 Å². The summed E-state index contributed by atoms with van der Waals surface area (Å²) in [6, 6.07) is 20.8. The zero-order valence-electron chi connectivity index (χ0n) is 8.72. The second-order valence-electron chi connectivity index (χ2n) is 2.90. The molecule has 5 heteroatoms. The lowest BCUT2D eigenvalue weighted by molar-refractivity contribution is 0.662. The molecule has 0 fully saturated rings. The van der Waals surface area contributed by atoms with Gasteiger partial charge in [-0.1, -0.05) is 48.2 Å². The summed E-state index contributed by atoms with van der Waals surface area (Å²) in [6.45, 7) is 0. The highest BCUT2D eigenvalue weighted by Gasteiger charge is 2.14. The Labute approximate surface area is 106 Å². The van der Waals surface area contributed by atoms with Crippen molar-refractivity contribution in [2.45, 2.75) is 9.79 Å². The van der Waals surface area contributed by atoms with Crippen molar-refractivity contribution >= 4 is 23.8 Å². The van der Waals surface area contributed by atoms with E-state index in [-0.39, 0.29) is 0 Å². The summed E-state index contributed by atoms with van der Waals surface area (Å²) in [5.41, 5.74) is 0. The predicted molar refractivity (Wildman–Crippen MR) is 67.7 cm³/mol. The molecule has 0 aromatic heterocycles. The molecule has 0 N–H and O–H groups in total. The summed E-state index contributed by atoms with van der Waals surface area (Å²) in [4.78, 5) is 2.57. The highest BCUT2D eigenvalue weighted by molar-refractivity contribution is 7.99. The zero-order chi connectivity index (χ0) is 12.5. The van der Waals surface area contributed by atoms with Crippen molar-refractivity contribution in [2.24, 2.45) is 0 Å². The van der Waals surface area contributed by atoms with Crippen molar-refractivity contribution in [3.8, 4) is 0 Å². The minimum absolute atomic E-state index is 1.29. The summed E-state index contributed by atoms with van der Waals surface area (Å²) >= 11 is -2.07. The van der Waals surface area contributed by atoms with Crippen LogP contribution in [0, 0.1) is 0 Å². The van der Waals surface area contributed by atoms with E-state index in [2.05, 4.69) is 48.5 Å². The van der Waals surface area contributed by atoms with Crippen LogP contribution in [0.15, 0.2) is 70.5 Å². The van der Waals surface area contributed by atoms with Crippen LogP contribution in [-0.2, 0) is 12.1 Å². The summed E-state index contributed by atoms with van der Waals surface area (Å²) in [6.07, 6.45) is 0. The van der Waals surface area contributed by atoms with E-state index in [1.807, 2.05) is 12.1 Å². The van der Waals surface area contributed by atoms with E-state index in [0.717, 1.165) is 0 Å². The highest BCUT2D eigenvalue weighted by atomic mass is 32.3. The van der Waals surface area contributed by atoms with Gasteiger partial charge in [0.05, 0.1) is 0 Å². The molecule has 2 rings (SSSR count). The fourth-order valence-electron chi connectivity index (χ4n) is 1.11. The number of benzene rings is 2. The molecule has 0 aliphatic rings. The standard InChI is InChI=1S/C12H10S.F3S/c1-3-7-11(8-4-1)13-12-9-5-2-6-10-12;1-4(2)3/h1-10H;/q;+1. The molecule has 2 aromatic carbocycles. The molecule has 0 saturated heterocycles. The fourth-order valence-corrected chi connectivity index (χ4v) is 1.97. The summed E-state index contributed by atoms with van der Waals surface area (Å²) in [5, 5.41) is 0. The summed E-state index contributed by atoms with van der Waals surface area (Å²) in [7, 11) is 0. The van der Waals surface area contributed by atoms with Gasteiger partial charge in [0.15, 0.2) is 0 Å². The van der Waals surface area contributed by atoms with Gasteiger partial charge in [0.1, 0.15) is 11.7 Å². The molecular weight excluding hydrogens is 265 g/mol. The van der Waals surface area contributed by atoms with Crippen LogP contribution in [0.5, 0.6) is 0 Å². The van der Waals surface area contributed by atoms with Crippen molar-refractivity contribution < 1.29 is 11.7 Å². The maximum absolute atomic E-state index is 9.69. The number of rotatable bonds is 2. The average molecular weight is 275 g/mol. The first-order chi connectivity index (χ1) is 8.18. The second-order valence-corrected chi connectivity index (χ2v) is 4.40. The lowest BCUT2D eigenvalue weighted by atomic mass is 10.4. The smallest absolute Gasteiger partial charge is 0.0901 e. The minimum Gasteiger partial charge on any atom is -0.0901 e. The van der Waals surface area contributed by atoms with Crippen LogP contribution >= 0.6 is 11.8 Å². The molecular formula is C12H10F3S2+. The Kier molecular flexibility index (Phi) is 6.65. The van der Waals surface area contributed by atoms with Gasteiger partial charge < -0.3 is 0 Å². The molecule has 0 nitrogen and oxygen atoms in total. The van der Waals surface area contributed by atoms with Crippen molar-refractivity contribution in [2.75, 3.05) is 0 Å². The Bertz CT molecular complexity index is 366. The van der Waals surface area contributed by atoms with Gasteiger partial charge in [0.2, 0.25) is 0 Å². The molecule has 0 spiro atoms. The highest BCUT2D eigenvalue weighted by Crippen LogP contribution is 2.26. The zero-order valence-corrected chi connectivity index (χ0v) is 10.4. The normalized spacial score (nSPS) is 9.65. The van der Waals surface area contributed by atoms with E-state index < -0.39 is 12.1 Å². The van der Waals surface area contributed by atoms with Gasteiger partial charge >= 0.3 is 12.1 Å². The molecule has 0 aliphatic carbocycles. The molecule has 0 atom stereocenters. The molecule has 0 radical (unpaired) electrons. The molecule has 0 unspecified atom stereocenters. The Morgan fingerprint density at radius 1 is 0.647 bits per heavy atom. The predicted octanol–water partition coefficient (Wildman–Crippen LogP) is 5.10. The van der Waals surface area contributed by atoms with Gasteiger partial charge in [-0.3, -0.25) is 0 Å². The molecule has 90 valence electrons. The summed E-state index contributed by atoms with van der Waals surface area (Å²) in [5.74, 6) is 0. The van der Waals surface area contributed by atoms with E-state index >= 15 is 0 Å². The molecule has 0 aliphatic heterocycles. The van der Waals surface area contributed by atoms with Gasteiger partial charge in [-0.15, -0.1) is 0 Å². The topological polar surface area (TPSA) is 0 Å². The minimum atomic E-state index is -3.86. The van der Waals surface area contributed by atoms with Crippen LogP contribution in [0.1, 0.15) is 0 Å². The molecule has 0 heterocycles. The quantitative estimate of drug-likeness (QED) is 0.687. The first kappa shape index (κ1) is 14.0. The second kappa shape index (κ2) is 8.08. The van der Waals surface area contributed by atoms with Gasteiger partial charge in [-0.2, -0.15) is 0 Å². The lowest BCUT2D eigenvalue weighted by Gasteiger charge is -1.99. The van der Waals surface area contributed by atoms with E-state index in [1.165, 1.54) is 9.79 Å². The maximum atomic E-state index is 9.69. The third kappa shape index (κ3) is 6.97. The van der Waals surface area contributed by atoms with Crippen molar-refractivity contribution in [3.63, 3.8) is 0 Å². The Balaban J connectivity index is 0.000000317. The van der Waals surface area contributed by atoms with Crippen LogP contribution in [0.3, 0.4) is 0 Å². The van der Waals surface area contributed by atoms with Crippen LogP contribution in [0.25, 0.3) is 0 Å². The SMILES string of the molecule is F[S+](F)F.c1ccc(Sc2ccccc2)cc1. The lowest BCUT2D eigenvalue weighted by Crippen LogP contribution is -1.70. The molecule has 0 saturated carbocycles. The monoisotopic (exact) mass is 275 g/mol. The van der Waals surface area contributed by atoms with E-state index in [4.69, 9.17) is 0 Å². The van der Waals surface area contributed by atoms with Gasteiger partial charge in [0.25, 0.3) is 0 Å². The first-order valence-corrected chi connectivity index (χ1v) is 6.43. The van der Waals surface area contributed by atoms with Crippen molar-refractivity contribution in [3.05, 3.63) is 60.7 Å². The average Bonchev–Trinajstić information content (AvgIpc) is 2.31. The fraction of sp³-hybridized carbons (Fsp3) is 0. The van der Waals surface area contributed by atoms with E-state index in [9.17, 15) is 11.7 Å². The van der Waals surface area contributed by atoms with E-state index in [1.54, 1.807) is 11.8 Å². The third-order valence-electron chi connectivity index (χ3n) is 1.72. The Morgan fingerprint density at radius 3 is 1.24 bits per heavy atom. The van der Waals surface area contributed by atoms with Crippen LogP contribution in [0.4, 0.5) is 11.7 Å². The number of halogens is 3. The Morgan fingerprint density at radius 2 is 0.941 bits per heavy atom. The third-order valence-corrected chi connectivity index (χ3v) is 2.74. The number of hydrogen-bond donors (Lipinski definition) is 0. The van der Waals surface area contributed by atoms with Crippen LogP contribution in [0.2, 0.25) is 0 Å². The molecule has 0 amide bonds. The van der Waals surface area contributed by atoms with Gasteiger partial charge in [-0.25, -0.2) is 0 Å². The molecule has 0 bridgehead atoms. The van der Waals surface area contributed by atoms with Gasteiger partial charge in [0, 0.05) is 9.79 Å². The van der Waals surface area contributed by atoms with Crippen LogP contribution in [-0.4, -0.2) is 0 Å². The van der Waals surface area contributed by atoms with Crippen molar-refractivity contribution in [1.29, 1.82) is 0 Å². The summed E-state index contributed by atoms with van der Waals surface area (Å²) < 4.78 is 29.1. The Hall–Kier alpha value is -1.07. The number of hydrogen-bond acceptors (Lipinski definition) is 1. The molecule has 17 heavy (non-hydrogen) atoms. The van der Waals surface area contributed by atoms with E-state index in [0.29, 0.717) is 0 Å². The maximum Gasteiger partial charge on any atom is 0.661 e. The largest absolute Gasteiger partial charge is 0.661 e. The van der Waals surface area contributed by atoms with Crippen molar-refractivity contribution in [1.82, 2.24) is 0 Å². The van der Waals surface area contributed by atoms with Gasteiger partial charge in [-0.05, 0) is 24.3 Å².